The first-order valence-electron chi connectivity index (χ1n) is 7.66. The Bertz CT molecular complexity index is 644. The number of benzene rings is 2. The quantitative estimate of drug-likeness (QED) is 0.729. The molecule has 2 aromatic carbocycles. The minimum atomic E-state index is -0.793. The summed E-state index contributed by atoms with van der Waals surface area (Å²) in [6.07, 6.45) is -0.187. The van der Waals surface area contributed by atoms with E-state index in [0.29, 0.717) is 24.3 Å². The third-order valence-corrected chi connectivity index (χ3v) is 3.57. The van der Waals surface area contributed by atoms with Crippen LogP contribution in [-0.4, -0.2) is 31.3 Å². The number of urea groups is 1. The lowest BCUT2D eigenvalue weighted by Gasteiger charge is -2.13. The first-order chi connectivity index (χ1) is 11.6. The molecule has 0 heterocycles. The van der Waals surface area contributed by atoms with Gasteiger partial charge in [0.2, 0.25) is 0 Å². The number of carbonyl (C=O) groups excluding carboxylic acids is 1. The van der Waals surface area contributed by atoms with Crippen LogP contribution in [0.3, 0.4) is 0 Å². The maximum atomic E-state index is 12.8. The number of halogens is 1. The second-order valence-electron chi connectivity index (χ2n) is 5.30. The summed E-state index contributed by atoms with van der Waals surface area (Å²) < 4.78 is 17.8. The van der Waals surface area contributed by atoms with E-state index in [-0.39, 0.29) is 18.4 Å². The molecule has 1 atom stereocenters. The van der Waals surface area contributed by atoms with Gasteiger partial charge in [0.1, 0.15) is 11.6 Å². The molecule has 0 spiro atoms. The van der Waals surface area contributed by atoms with E-state index in [1.54, 1.807) is 43.5 Å². The molecular weight excluding hydrogens is 311 g/mol. The molecule has 24 heavy (non-hydrogen) atoms. The van der Waals surface area contributed by atoms with E-state index in [2.05, 4.69) is 10.6 Å². The van der Waals surface area contributed by atoms with Gasteiger partial charge in [0.15, 0.2) is 0 Å². The largest absolute Gasteiger partial charge is 0.497 e. The van der Waals surface area contributed by atoms with Crippen LogP contribution in [0.25, 0.3) is 0 Å². The summed E-state index contributed by atoms with van der Waals surface area (Å²) in [5, 5.41) is 15.4. The van der Waals surface area contributed by atoms with Crippen LogP contribution in [-0.2, 0) is 6.42 Å². The fourth-order valence-electron chi connectivity index (χ4n) is 2.17. The van der Waals surface area contributed by atoms with Gasteiger partial charge < -0.3 is 20.5 Å². The zero-order valence-electron chi connectivity index (χ0n) is 13.5. The summed E-state index contributed by atoms with van der Waals surface area (Å²) in [5.74, 6) is 0.425. The molecule has 128 valence electrons. The average molecular weight is 332 g/mol. The van der Waals surface area contributed by atoms with Gasteiger partial charge in [0.05, 0.1) is 13.2 Å². The summed E-state index contributed by atoms with van der Waals surface area (Å²) in [6.45, 7) is 0.533. The number of methoxy groups -OCH3 is 1. The van der Waals surface area contributed by atoms with Crippen molar-refractivity contribution in [3.05, 3.63) is 65.5 Å². The first-order valence-corrected chi connectivity index (χ1v) is 7.66. The zero-order valence-corrected chi connectivity index (χ0v) is 13.5. The van der Waals surface area contributed by atoms with Crippen molar-refractivity contribution in [2.24, 2.45) is 0 Å². The lowest BCUT2D eigenvalue weighted by molar-refractivity contribution is 0.173. The molecule has 3 N–H and O–H groups in total. The van der Waals surface area contributed by atoms with Crippen molar-refractivity contribution in [3.63, 3.8) is 0 Å². The molecule has 0 saturated carbocycles. The SMILES string of the molecule is COc1ccc(C(O)CNC(=O)NCCc2ccc(F)cc2)cc1. The molecule has 0 aliphatic rings. The standard InChI is InChI=1S/C18H21FN2O3/c1-24-16-8-4-14(5-9-16)17(22)12-21-18(23)20-11-10-13-2-6-15(19)7-3-13/h2-9,17,22H,10-12H2,1H3,(H2,20,21,23). The lowest BCUT2D eigenvalue weighted by Crippen LogP contribution is -2.38. The Labute approximate surface area is 140 Å². The van der Waals surface area contributed by atoms with E-state index in [1.807, 2.05) is 0 Å². The number of hydrogen-bond acceptors (Lipinski definition) is 3. The van der Waals surface area contributed by atoms with Gasteiger partial charge in [-0.15, -0.1) is 0 Å². The van der Waals surface area contributed by atoms with E-state index in [4.69, 9.17) is 4.74 Å². The van der Waals surface area contributed by atoms with Crippen LogP contribution in [0.15, 0.2) is 48.5 Å². The van der Waals surface area contributed by atoms with Crippen LogP contribution in [0.4, 0.5) is 9.18 Å². The fraction of sp³-hybridized carbons (Fsp3) is 0.278. The van der Waals surface area contributed by atoms with Gasteiger partial charge >= 0.3 is 6.03 Å². The topological polar surface area (TPSA) is 70.6 Å². The molecule has 0 bridgehead atoms. The van der Waals surface area contributed by atoms with Crippen LogP contribution < -0.4 is 15.4 Å². The molecule has 5 nitrogen and oxygen atoms in total. The van der Waals surface area contributed by atoms with Gasteiger partial charge in [-0.1, -0.05) is 24.3 Å². The van der Waals surface area contributed by atoms with Crippen molar-refractivity contribution in [1.82, 2.24) is 10.6 Å². The van der Waals surface area contributed by atoms with E-state index in [0.717, 1.165) is 5.56 Å². The third-order valence-electron chi connectivity index (χ3n) is 3.57. The Balaban J connectivity index is 1.69. The summed E-state index contributed by atoms with van der Waals surface area (Å²) >= 11 is 0. The summed E-state index contributed by atoms with van der Waals surface area (Å²) in [6, 6.07) is 12.8. The Kier molecular flexibility index (Phi) is 6.57. The van der Waals surface area contributed by atoms with Crippen molar-refractivity contribution in [1.29, 1.82) is 0 Å². The lowest BCUT2D eigenvalue weighted by atomic mass is 10.1. The first kappa shape index (κ1) is 17.7. The maximum Gasteiger partial charge on any atom is 0.314 e. The Morgan fingerprint density at radius 1 is 1.12 bits per heavy atom. The monoisotopic (exact) mass is 332 g/mol. The van der Waals surface area contributed by atoms with Crippen LogP contribution in [0, 0.1) is 5.82 Å². The molecule has 0 aliphatic carbocycles. The van der Waals surface area contributed by atoms with Gasteiger partial charge in [-0.05, 0) is 41.8 Å². The normalized spacial score (nSPS) is 11.6. The van der Waals surface area contributed by atoms with Crippen LogP contribution >= 0.6 is 0 Å². The van der Waals surface area contributed by atoms with E-state index < -0.39 is 6.10 Å². The molecule has 2 amide bonds. The number of amides is 2. The number of aliphatic hydroxyl groups excluding tert-OH is 1. The molecule has 0 fully saturated rings. The van der Waals surface area contributed by atoms with Crippen LogP contribution in [0.2, 0.25) is 0 Å². The third kappa shape index (κ3) is 5.55. The van der Waals surface area contributed by atoms with E-state index >= 15 is 0 Å². The second-order valence-corrected chi connectivity index (χ2v) is 5.30. The highest BCUT2D eigenvalue weighted by Gasteiger charge is 2.09. The van der Waals surface area contributed by atoms with Crippen molar-refractivity contribution in [2.75, 3.05) is 20.2 Å². The van der Waals surface area contributed by atoms with Crippen molar-refractivity contribution in [3.8, 4) is 5.75 Å². The van der Waals surface area contributed by atoms with Crippen molar-refractivity contribution in [2.45, 2.75) is 12.5 Å². The molecule has 2 aromatic rings. The number of ether oxygens (including phenoxy) is 1. The summed E-state index contributed by atoms with van der Waals surface area (Å²) in [4.78, 5) is 11.7. The molecule has 0 saturated heterocycles. The van der Waals surface area contributed by atoms with Crippen molar-refractivity contribution < 1.29 is 19.0 Å². The van der Waals surface area contributed by atoms with Gasteiger partial charge in [-0.2, -0.15) is 0 Å². The number of carbonyl (C=O) groups is 1. The van der Waals surface area contributed by atoms with Gasteiger partial charge in [-0.25, -0.2) is 9.18 Å². The molecule has 0 radical (unpaired) electrons. The number of hydrogen-bond donors (Lipinski definition) is 3. The Hall–Kier alpha value is -2.60. The van der Waals surface area contributed by atoms with Crippen LogP contribution in [0.5, 0.6) is 5.75 Å². The highest BCUT2D eigenvalue weighted by atomic mass is 19.1. The van der Waals surface area contributed by atoms with Gasteiger partial charge in [0.25, 0.3) is 0 Å². The average Bonchev–Trinajstić information content (AvgIpc) is 2.61. The Morgan fingerprint density at radius 2 is 1.79 bits per heavy atom. The van der Waals surface area contributed by atoms with Gasteiger partial charge in [-0.3, -0.25) is 0 Å². The van der Waals surface area contributed by atoms with Crippen molar-refractivity contribution >= 4 is 6.03 Å². The van der Waals surface area contributed by atoms with E-state index in [9.17, 15) is 14.3 Å². The highest BCUT2D eigenvalue weighted by Crippen LogP contribution is 2.16. The predicted molar refractivity (Wildman–Crippen MR) is 89.5 cm³/mol. The number of aliphatic hydroxyl groups is 1. The molecule has 1 unspecified atom stereocenters. The number of nitrogens with one attached hydrogen (secondary N) is 2. The number of rotatable bonds is 7. The summed E-state index contributed by atoms with van der Waals surface area (Å²) in [5.41, 5.74) is 1.64. The fourth-order valence-corrected chi connectivity index (χ4v) is 2.17. The van der Waals surface area contributed by atoms with E-state index in [1.165, 1.54) is 12.1 Å². The predicted octanol–water partition coefficient (Wildman–Crippen LogP) is 2.41. The zero-order chi connectivity index (χ0) is 17.4. The van der Waals surface area contributed by atoms with Gasteiger partial charge in [0, 0.05) is 13.1 Å². The molecule has 0 aliphatic heterocycles. The molecule has 2 rings (SSSR count). The smallest absolute Gasteiger partial charge is 0.314 e. The maximum absolute atomic E-state index is 12.8. The minimum Gasteiger partial charge on any atom is -0.497 e. The molecule has 6 heteroatoms. The second kappa shape index (κ2) is 8.88. The summed E-state index contributed by atoms with van der Waals surface area (Å²) in [7, 11) is 1.57. The Morgan fingerprint density at radius 3 is 2.42 bits per heavy atom. The minimum absolute atomic E-state index is 0.106. The highest BCUT2D eigenvalue weighted by molar-refractivity contribution is 5.73. The molecular formula is C18H21FN2O3. The molecule has 0 aromatic heterocycles. The van der Waals surface area contributed by atoms with Crippen LogP contribution in [0.1, 0.15) is 17.2 Å².